The van der Waals surface area contributed by atoms with E-state index in [4.69, 9.17) is 23.2 Å². The summed E-state index contributed by atoms with van der Waals surface area (Å²) < 4.78 is 0.857. The largest absolute Gasteiger partial charge is 0.321 e. The van der Waals surface area contributed by atoms with Crippen LogP contribution in [0.25, 0.3) is 0 Å². The zero-order chi connectivity index (χ0) is 14.9. The van der Waals surface area contributed by atoms with Crippen LogP contribution in [0.2, 0.25) is 10.0 Å². The second-order valence-electron chi connectivity index (χ2n) is 4.20. The van der Waals surface area contributed by atoms with Crippen molar-refractivity contribution in [3.05, 3.63) is 56.0 Å². The predicted octanol–water partition coefficient (Wildman–Crippen LogP) is 5.61. The van der Waals surface area contributed by atoms with Gasteiger partial charge in [-0.1, -0.05) is 39.1 Å². The monoisotopic (exact) mass is 389 g/mol. The average molecular weight is 391 g/mol. The molecule has 0 atom stereocenters. The average Bonchev–Trinajstić information content (AvgIpc) is 2.35. The van der Waals surface area contributed by atoms with Crippen molar-refractivity contribution in [3.8, 4) is 0 Å². The van der Waals surface area contributed by atoms with E-state index in [2.05, 4.69) is 33.9 Å². The van der Waals surface area contributed by atoms with Crippen molar-refractivity contribution in [2.45, 2.75) is 11.8 Å². The lowest BCUT2D eigenvalue weighted by molar-refractivity contribution is 0.102. The van der Waals surface area contributed by atoms with Crippen LogP contribution in [0.4, 0.5) is 5.69 Å². The smallest absolute Gasteiger partial charge is 0.256 e. The summed E-state index contributed by atoms with van der Waals surface area (Å²) in [5.74, 6) is -0.288. The summed E-state index contributed by atoms with van der Waals surface area (Å²) in [5.41, 5.74) is 1.79. The summed E-state index contributed by atoms with van der Waals surface area (Å²) in [6.45, 7) is 1.85. The number of anilines is 1. The fourth-order valence-electron chi connectivity index (χ4n) is 1.63. The molecule has 2 aromatic carbocycles. The number of hydrogen-bond acceptors (Lipinski definition) is 2. The molecule has 0 aromatic heterocycles. The Hall–Kier alpha value is -0.680. The lowest BCUT2D eigenvalue weighted by Crippen LogP contribution is -2.13. The highest BCUT2D eigenvalue weighted by Gasteiger charge is 2.13. The van der Waals surface area contributed by atoms with E-state index in [9.17, 15) is 4.79 Å². The Morgan fingerprint density at radius 2 is 1.90 bits per heavy atom. The van der Waals surface area contributed by atoms with E-state index < -0.39 is 0 Å². The van der Waals surface area contributed by atoms with Gasteiger partial charge < -0.3 is 5.32 Å². The predicted molar refractivity (Wildman–Crippen MR) is 90.5 cm³/mol. The first-order valence-corrected chi connectivity index (χ1v) is 7.63. The van der Waals surface area contributed by atoms with Gasteiger partial charge in [-0.2, -0.15) is 0 Å². The molecule has 0 fully saturated rings. The maximum absolute atomic E-state index is 12.2. The number of halogens is 3. The highest BCUT2D eigenvalue weighted by Crippen LogP contribution is 2.29. The number of rotatable bonds is 2. The molecule has 0 aliphatic heterocycles. The van der Waals surface area contributed by atoms with E-state index in [0.717, 1.165) is 10.0 Å². The third-order valence-electron chi connectivity index (χ3n) is 2.70. The minimum atomic E-state index is -0.288. The molecule has 0 saturated carbocycles. The fraction of sp³-hybridized carbons (Fsp3) is 0.0714. The lowest BCUT2D eigenvalue weighted by atomic mass is 10.2. The van der Waals surface area contributed by atoms with E-state index in [1.54, 1.807) is 30.3 Å². The molecule has 6 heteroatoms. The van der Waals surface area contributed by atoms with Crippen molar-refractivity contribution in [1.29, 1.82) is 0 Å². The lowest BCUT2D eigenvalue weighted by Gasteiger charge is -2.10. The summed E-state index contributed by atoms with van der Waals surface area (Å²) >= 11 is 19.7. The van der Waals surface area contributed by atoms with Crippen molar-refractivity contribution in [1.82, 2.24) is 0 Å². The zero-order valence-electron chi connectivity index (χ0n) is 10.4. The van der Waals surface area contributed by atoms with Gasteiger partial charge in [-0.15, -0.1) is 12.6 Å². The molecule has 0 saturated heterocycles. The Morgan fingerprint density at radius 3 is 2.55 bits per heavy atom. The number of carbonyl (C=O) groups excluding carboxylic acids is 1. The molecule has 1 amide bonds. The fourth-order valence-corrected chi connectivity index (χ4v) is 2.91. The zero-order valence-corrected chi connectivity index (χ0v) is 14.4. The van der Waals surface area contributed by atoms with Gasteiger partial charge in [-0.05, 0) is 42.8 Å². The molecule has 0 heterocycles. The number of benzene rings is 2. The molecule has 0 unspecified atom stereocenters. The second-order valence-corrected chi connectivity index (χ2v) is 6.41. The summed E-state index contributed by atoms with van der Waals surface area (Å²) in [7, 11) is 0. The molecule has 0 radical (unpaired) electrons. The quantitative estimate of drug-likeness (QED) is 0.641. The summed E-state index contributed by atoms with van der Waals surface area (Å²) in [5, 5.41) is 3.73. The molecule has 0 bridgehead atoms. The van der Waals surface area contributed by atoms with Crippen LogP contribution < -0.4 is 5.32 Å². The topological polar surface area (TPSA) is 29.1 Å². The van der Waals surface area contributed by atoms with Gasteiger partial charge in [0.25, 0.3) is 5.91 Å². The van der Waals surface area contributed by atoms with Crippen molar-refractivity contribution in [2.24, 2.45) is 0 Å². The Kier molecular flexibility index (Phi) is 5.02. The molecule has 0 aliphatic rings. The van der Waals surface area contributed by atoms with Crippen LogP contribution in [0, 0.1) is 6.92 Å². The first-order valence-electron chi connectivity index (χ1n) is 5.64. The van der Waals surface area contributed by atoms with Crippen LogP contribution in [-0.4, -0.2) is 5.91 Å². The standard InChI is InChI=1S/C14H10BrCl2NOS/c1-7-4-11(17)12(6-10(7)16)18-14(19)9-3-2-8(15)5-13(9)20/h2-6,20H,1H3,(H,18,19). The SMILES string of the molecule is Cc1cc(Cl)c(NC(=O)c2ccc(Br)cc2S)cc1Cl. The van der Waals surface area contributed by atoms with E-state index in [1.165, 1.54) is 0 Å². The third kappa shape index (κ3) is 3.50. The Balaban J connectivity index is 2.30. The van der Waals surface area contributed by atoms with Gasteiger partial charge in [-0.3, -0.25) is 4.79 Å². The maximum atomic E-state index is 12.2. The van der Waals surface area contributed by atoms with Crippen LogP contribution in [0.15, 0.2) is 39.7 Å². The Bertz CT molecular complexity index is 691. The van der Waals surface area contributed by atoms with Crippen LogP contribution >= 0.6 is 51.8 Å². The number of thiol groups is 1. The number of nitrogens with one attached hydrogen (secondary N) is 1. The van der Waals surface area contributed by atoms with Gasteiger partial charge in [0.15, 0.2) is 0 Å². The van der Waals surface area contributed by atoms with Crippen molar-refractivity contribution in [2.75, 3.05) is 5.32 Å². The minimum Gasteiger partial charge on any atom is -0.321 e. The molecule has 0 aliphatic carbocycles. The first kappa shape index (κ1) is 15.7. The van der Waals surface area contributed by atoms with Crippen LogP contribution in [-0.2, 0) is 0 Å². The molecule has 104 valence electrons. The summed E-state index contributed by atoms with van der Waals surface area (Å²) in [6, 6.07) is 8.56. The highest BCUT2D eigenvalue weighted by atomic mass is 79.9. The van der Waals surface area contributed by atoms with Crippen LogP contribution in [0.1, 0.15) is 15.9 Å². The van der Waals surface area contributed by atoms with E-state index in [0.29, 0.717) is 26.2 Å². The third-order valence-corrected chi connectivity index (χ3v) is 4.28. The van der Waals surface area contributed by atoms with Crippen molar-refractivity contribution < 1.29 is 4.79 Å². The van der Waals surface area contributed by atoms with Crippen molar-refractivity contribution >= 4 is 63.4 Å². The Morgan fingerprint density at radius 1 is 1.20 bits per heavy atom. The van der Waals surface area contributed by atoms with E-state index >= 15 is 0 Å². The normalized spacial score (nSPS) is 10.4. The molecule has 20 heavy (non-hydrogen) atoms. The Labute approximate surface area is 141 Å². The number of amides is 1. The van der Waals surface area contributed by atoms with Crippen LogP contribution in [0.5, 0.6) is 0 Å². The molecule has 0 spiro atoms. The molecular weight excluding hydrogens is 381 g/mol. The number of carbonyl (C=O) groups is 1. The van der Waals surface area contributed by atoms with Gasteiger partial charge in [0, 0.05) is 14.4 Å². The van der Waals surface area contributed by atoms with Gasteiger partial charge in [0.2, 0.25) is 0 Å². The molecular formula is C14H10BrCl2NOS. The van der Waals surface area contributed by atoms with E-state index in [1.807, 2.05) is 6.92 Å². The van der Waals surface area contributed by atoms with Gasteiger partial charge >= 0.3 is 0 Å². The summed E-state index contributed by atoms with van der Waals surface area (Å²) in [6.07, 6.45) is 0. The second kappa shape index (κ2) is 6.39. The number of aryl methyl sites for hydroxylation is 1. The number of hydrogen-bond donors (Lipinski definition) is 2. The molecule has 2 rings (SSSR count). The van der Waals surface area contributed by atoms with Gasteiger partial charge in [0.1, 0.15) is 0 Å². The van der Waals surface area contributed by atoms with Gasteiger partial charge in [-0.25, -0.2) is 0 Å². The highest BCUT2D eigenvalue weighted by molar-refractivity contribution is 9.10. The molecule has 2 nitrogen and oxygen atoms in total. The molecule has 1 N–H and O–H groups in total. The molecule has 2 aromatic rings. The summed E-state index contributed by atoms with van der Waals surface area (Å²) in [4.78, 5) is 12.8. The van der Waals surface area contributed by atoms with Crippen molar-refractivity contribution in [3.63, 3.8) is 0 Å². The van der Waals surface area contributed by atoms with E-state index in [-0.39, 0.29) is 5.91 Å². The first-order chi connectivity index (χ1) is 9.38. The van der Waals surface area contributed by atoms with Gasteiger partial charge in [0.05, 0.1) is 16.3 Å². The minimum absolute atomic E-state index is 0.288. The van der Waals surface area contributed by atoms with Crippen LogP contribution in [0.3, 0.4) is 0 Å². The maximum Gasteiger partial charge on any atom is 0.256 e.